The fourth-order valence-electron chi connectivity index (χ4n) is 6.34. The molecule has 1 aromatic carbocycles. The quantitative estimate of drug-likeness (QED) is 0.370. The number of fused-ring (bicyclic) bond motifs is 2. The Labute approximate surface area is 261 Å². The van der Waals surface area contributed by atoms with Gasteiger partial charge in [-0.3, -0.25) is 24.2 Å². The molecule has 0 saturated carbocycles. The van der Waals surface area contributed by atoms with Crippen molar-refractivity contribution in [2.75, 3.05) is 54.5 Å². The van der Waals surface area contributed by atoms with Gasteiger partial charge in [0, 0.05) is 51.3 Å². The van der Waals surface area contributed by atoms with Gasteiger partial charge in [-0.25, -0.2) is 13.8 Å². The molecule has 0 aliphatic carbocycles. The fraction of sp³-hybridized carbons (Fsp3) is 0.467. The molecular formula is C30H32ClF5N6O3. The normalized spacial score (nSPS) is 23.7. The first-order chi connectivity index (χ1) is 21.1. The number of halogens is 6. The van der Waals surface area contributed by atoms with Crippen LogP contribution in [0.4, 0.5) is 39.1 Å². The van der Waals surface area contributed by atoms with E-state index < -0.39 is 59.9 Å². The zero-order valence-corrected chi connectivity index (χ0v) is 25.3. The van der Waals surface area contributed by atoms with Gasteiger partial charge >= 0.3 is 6.18 Å². The topological polar surface area (TPSA) is 89.1 Å². The van der Waals surface area contributed by atoms with Gasteiger partial charge in [0.1, 0.15) is 11.9 Å². The molecule has 0 unspecified atom stereocenters. The number of amides is 3. The van der Waals surface area contributed by atoms with Gasteiger partial charge in [-0.15, -0.1) is 0 Å². The highest BCUT2D eigenvalue weighted by Gasteiger charge is 2.50. The Hall–Kier alpha value is -3.78. The summed E-state index contributed by atoms with van der Waals surface area (Å²) in [6.45, 7) is 4.82. The molecule has 3 atom stereocenters. The molecule has 15 heteroatoms. The number of nitrogens with zero attached hydrogens (tertiary/aromatic N) is 5. The number of carbonyl (C=O) groups excluding carboxylic acids is 3. The molecule has 1 N–H and O–H groups in total. The van der Waals surface area contributed by atoms with Crippen molar-refractivity contribution >= 4 is 46.5 Å². The zero-order valence-electron chi connectivity index (χ0n) is 24.6. The van der Waals surface area contributed by atoms with Crippen LogP contribution < -0.4 is 20.0 Å². The Morgan fingerprint density at radius 1 is 1.22 bits per heavy atom. The Balaban J connectivity index is 1.45. The molecule has 0 radical (unpaired) electrons. The van der Waals surface area contributed by atoms with Crippen molar-refractivity contribution in [1.82, 2.24) is 15.2 Å². The molecule has 4 heterocycles. The molecule has 3 aliphatic heterocycles. The molecule has 2 aromatic rings. The summed E-state index contributed by atoms with van der Waals surface area (Å²) < 4.78 is 70.9. The van der Waals surface area contributed by atoms with Crippen LogP contribution in [0.2, 0.25) is 5.02 Å². The predicted octanol–water partition coefficient (Wildman–Crippen LogP) is 4.28. The van der Waals surface area contributed by atoms with Crippen LogP contribution >= 0.6 is 11.6 Å². The largest absolute Gasteiger partial charge is 0.416 e. The van der Waals surface area contributed by atoms with E-state index >= 15 is 0 Å². The standard InChI is InChI=1S/C30H32ClF5N6O3/c1-4-24(43)38-22-8-9-40(16-29(22,32)33)10-11-41-15-18-13-25(44)42(23-14-19(30(34,35)36)12-17(2)37-23)26(18)28(45)39(3)21-7-5-6-20(31)27(21)41/h4-7,12,14,18,22,26H,1,8-11,13,15-16H2,2-3H3,(H,38,43)/t18-,22+,26+/m1/s1. The second-order valence-corrected chi connectivity index (χ2v) is 12.0. The van der Waals surface area contributed by atoms with Crippen LogP contribution in [0.5, 0.6) is 0 Å². The monoisotopic (exact) mass is 654 g/mol. The number of para-hydroxylation sites is 1. The van der Waals surface area contributed by atoms with Gasteiger partial charge in [0.05, 0.1) is 34.5 Å². The van der Waals surface area contributed by atoms with Crippen LogP contribution in [-0.2, 0) is 20.6 Å². The fourth-order valence-corrected chi connectivity index (χ4v) is 6.63. The summed E-state index contributed by atoms with van der Waals surface area (Å²) in [5.74, 6) is -5.89. The molecule has 2 fully saturated rings. The van der Waals surface area contributed by atoms with Crippen LogP contribution in [0, 0.1) is 12.8 Å². The number of hydrogen-bond donors (Lipinski definition) is 1. The molecule has 0 bridgehead atoms. The highest BCUT2D eigenvalue weighted by molar-refractivity contribution is 6.34. The summed E-state index contributed by atoms with van der Waals surface area (Å²) in [6.07, 6.45) is -3.89. The van der Waals surface area contributed by atoms with E-state index in [-0.39, 0.29) is 50.5 Å². The minimum atomic E-state index is -4.69. The number of nitrogens with one attached hydrogen (secondary N) is 1. The molecule has 3 aliphatic rings. The van der Waals surface area contributed by atoms with Gasteiger partial charge in [-0.1, -0.05) is 24.2 Å². The highest BCUT2D eigenvalue weighted by atomic mass is 35.5. The average molecular weight is 655 g/mol. The van der Waals surface area contributed by atoms with E-state index in [1.54, 1.807) is 23.1 Å². The second kappa shape index (κ2) is 12.2. The number of likely N-dealkylation sites (N-methyl/N-ethyl adjacent to an activating group) is 1. The maximum atomic E-state index is 15.0. The predicted molar refractivity (Wildman–Crippen MR) is 159 cm³/mol. The number of aryl methyl sites for hydroxylation is 1. The number of carbonyl (C=O) groups is 3. The third-order valence-corrected chi connectivity index (χ3v) is 8.80. The van der Waals surface area contributed by atoms with Crippen LogP contribution in [0.15, 0.2) is 43.0 Å². The van der Waals surface area contributed by atoms with Crippen LogP contribution in [0.3, 0.4) is 0 Å². The number of likely N-dealkylation sites (tertiary alicyclic amines) is 1. The average Bonchev–Trinajstić information content (AvgIpc) is 3.29. The van der Waals surface area contributed by atoms with Crippen molar-refractivity contribution in [3.63, 3.8) is 0 Å². The molecule has 9 nitrogen and oxygen atoms in total. The van der Waals surface area contributed by atoms with E-state index in [2.05, 4.69) is 16.9 Å². The van der Waals surface area contributed by atoms with Gasteiger partial charge in [-0.2, -0.15) is 13.2 Å². The Morgan fingerprint density at radius 2 is 1.96 bits per heavy atom. The first kappa shape index (κ1) is 32.6. The number of anilines is 3. The molecule has 2 saturated heterocycles. The lowest BCUT2D eigenvalue weighted by Crippen LogP contribution is -2.59. The van der Waals surface area contributed by atoms with E-state index in [1.807, 2.05) is 4.90 Å². The molecule has 3 amide bonds. The van der Waals surface area contributed by atoms with Gasteiger partial charge < -0.3 is 15.1 Å². The van der Waals surface area contributed by atoms with Crippen molar-refractivity contribution in [2.24, 2.45) is 5.92 Å². The molecule has 1 aromatic heterocycles. The van der Waals surface area contributed by atoms with Crippen LogP contribution in [-0.4, -0.2) is 85.4 Å². The molecular weight excluding hydrogens is 623 g/mol. The van der Waals surface area contributed by atoms with Crippen molar-refractivity contribution in [3.05, 3.63) is 59.3 Å². The third kappa shape index (κ3) is 6.48. The first-order valence-electron chi connectivity index (χ1n) is 14.3. The summed E-state index contributed by atoms with van der Waals surface area (Å²) >= 11 is 6.64. The van der Waals surface area contributed by atoms with E-state index in [9.17, 15) is 36.3 Å². The number of rotatable bonds is 6. The van der Waals surface area contributed by atoms with Crippen molar-refractivity contribution < 1.29 is 36.3 Å². The lowest BCUT2D eigenvalue weighted by Gasteiger charge is -2.41. The number of pyridine rings is 1. The van der Waals surface area contributed by atoms with E-state index in [1.165, 1.54) is 18.9 Å². The number of alkyl halides is 5. The van der Waals surface area contributed by atoms with Crippen LogP contribution in [0.1, 0.15) is 24.1 Å². The van der Waals surface area contributed by atoms with Crippen molar-refractivity contribution in [2.45, 2.75) is 43.9 Å². The summed E-state index contributed by atoms with van der Waals surface area (Å²) in [6, 6.07) is 4.06. The van der Waals surface area contributed by atoms with Gasteiger partial charge in [0.25, 0.3) is 5.92 Å². The summed E-state index contributed by atoms with van der Waals surface area (Å²) in [7, 11) is 1.49. The van der Waals surface area contributed by atoms with Crippen molar-refractivity contribution in [3.8, 4) is 0 Å². The zero-order chi connectivity index (χ0) is 32.8. The van der Waals surface area contributed by atoms with E-state index in [0.717, 1.165) is 23.1 Å². The number of piperidine rings is 1. The summed E-state index contributed by atoms with van der Waals surface area (Å²) in [5.41, 5.74) is -0.0794. The summed E-state index contributed by atoms with van der Waals surface area (Å²) in [5, 5.41) is 2.59. The lowest BCUT2D eigenvalue weighted by atomic mass is 9.95. The Morgan fingerprint density at radius 3 is 2.62 bits per heavy atom. The Kier molecular flexibility index (Phi) is 8.84. The maximum absolute atomic E-state index is 15.0. The van der Waals surface area contributed by atoms with Gasteiger partial charge in [0.15, 0.2) is 0 Å². The maximum Gasteiger partial charge on any atom is 0.416 e. The first-order valence-corrected chi connectivity index (χ1v) is 14.7. The number of hydrogen-bond acceptors (Lipinski definition) is 6. The van der Waals surface area contributed by atoms with Crippen molar-refractivity contribution in [1.29, 1.82) is 0 Å². The van der Waals surface area contributed by atoms with Crippen LogP contribution in [0.25, 0.3) is 0 Å². The molecule has 0 spiro atoms. The molecule has 45 heavy (non-hydrogen) atoms. The minimum absolute atomic E-state index is 0.0126. The lowest BCUT2D eigenvalue weighted by molar-refractivity contribution is -0.137. The molecule has 242 valence electrons. The van der Waals surface area contributed by atoms with Gasteiger partial charge in [-0.05, 0) is 43.7 Å². The molecule has 5 rings (SSSR count). The number of benzene rings is 1. The third-order valence-electron chi connectivity index (χ3n) is 8.49. The number of aromatic nitrogens is 1. The highest BCUT2D eigenvalue weighted by Crippen LogP contribution is 2.43. The van der Waals surface area contributed by atoms with Gasteiger partial charge in [0.2, 0.25) is 17.7 Å². The smallest absolute Gasteiger partial charge is 0.367 e. The minimum Gasteiger partial charge on any atom is -0.367 e. The van der Waals surface area contributed by atoms with E-state index in [4.69, 9.17) is 11.6 Å². The van der Waals surface area contributed by atoms with E-state index in [0.29, 0.717) is 16.4 Å². The SMILES string of the molecule is C=CC(=O)N[C@H]1CCN(CCN2C[C@H]3CC(=O)N(c4cc(C(F)(F)F)cc(C)n4)[C@@H]3C(=O)N(C)c3cccc(Cl)c32)CC1(F)F. The second-order valence-electron chi connectivity index (χ2n) is 11.6. The Bertz CT molecular complexity index is 1520. The summed E-state index contributed by atoms with van der Waals surface area (Å²) in [4.78, 5) is 49.0.